The van der Waals surface area contributed by atoms with Gasteiger partial charge in [0.05, 0.1) is 36.8 Å². The molecule has 0 aliphatic carbocycles. The lowest BCUT2D eigenvalue weighted by molar-refractivity contribution is -0.932. The summed E-state index contributed by atoms with van der Waals surface area (Å²) < 4.78 is 7.23. The van der Waals surface area contributed by atoms with Gasteiger partial charge in [-0.2, -0.15) is 0 Å². The summed E-state index contributed by atoms with van der Waals surface area (Å²) >= 11 is 0. The molecule has 31 heavy (non-hydrogen) atoms. The third kappa shape index (κ3) is 4.08. The predicted molar refractivity (Wildman–Crippen MR) is 119 cm³/mol. The van der Waals surface area contributed by atoms with Crippen molar-refractivity contribution in [2.45, 2.75) is 58.5 Å². The predicted octanol–water partition coefficient (Wildman–Crippen LogP) is 2.07. The van der Waals surface area contributed by atoms with Gasteiger partial charge in [-0.25, -0.2) is 4.68 Å². The van der Waals surface area contributed by atoms with Crippen molar-refractivity contribution in [2.75, 3.05) is 20.2 Å². The largest absolute Gasteiger partial charge is 0.497 e. The lowest BCUT2D eigenvalue weighted by Gasteiger charge is -2.34. The van der Waals surface area contributed by atoms with Crippen molar-refractivity contribution in [3.8, 4) is 5.75 Å². The van der Waals surface area contributed by atoms with Crippen LogP contribution < -0.4 is 15.2 Å². The van der Waals surface area contributed by atoms with E-state index in [0.29, 0.717) is 11.5 Å². The molecule has 0 spiro atoms. The van der Waals surface area contributed by atoms with E-state index in [9.17, 15) is 4.79 Å². The van der Waals surface area contributed by atoms with Gasteiger partial charge in [0.2, 0.25) is 5.82 Å². The second kappa shape index (κ2) is 8.42. The summed E-state index contributed by atoms with van der Waals surface area (Å²) in [6.07, 6.45) is 3.15. The van der Waals surface area contributed by atoms with E-state index < -0.39 is 0 Å². The van der Waals surface area contributed by atoms with Crippen molar-refractivity contribution in [1.82, 2.24) is 25.2 Å². The molecule has 2 aromatic heterocycles. The van der Waals surface area contributed by atoms with Crippen LogP contribution in [0.3, 0.4) is 0 Å². The van der Waals surface area contributed by atoms with Crippen LogP contribution in [0.4, 0.5) is 0 Å². The normalized spacial score (nSPS) is 20.7. The number of piperidine rings is 1. The van der Waals surface area contributed by atoms with E-state index >= 15 is 0 Å². The van der Waals surface area contributed by atoms with Gasteiger partial charge < -0.3 is 14.6 Å². The molecule has 0 unspecified atom stereocenters. The highest BCUT2D eigenvalue weighted by Gasteiger charge is 2.38. The Morgan fingerprint density at radius 2 is 2.03 bits per heavy atom. The smallest absolute Gasteiger partial charge is 0.258 e. The number of aromatic nitrogens is 5. The quantitative estimate of drug-likeness (QED) is 0.631. The van der Waals surface area contributed by atoms with Crippen molar-refractivity contribution >= 4 is 10.9 Å². The third-order valence-electron chi connectivity index (χ3n) is 6.91. The molecule has 1 aromatic carbocycles. The van der Waals surface area contributed by atoms with Gasteiger partial charge in [-0.3, -0.25) is 4.79 Å². The number of H-pyrrole nitrogens is 1. The van der Waals surface area contributed by atoms with Gasteiger partial charge in [-0.1, -0.05) is 13.8 Å². The van der Waals surface area contributed by atoms with Crippen molar-refractivity contribution in [3.63, 3.8) is 0 Å². The fourth-order valence-electron chi connectivity index (χ4n) is 4.46. The number of pyridine rings is 1. The van der Waals surface area contributed by atoms with E-state index in [1.807, 2.05) is 28.9 Å². The molecule has 0 bridgehead atoms. The average molecular weight is 426 g/mol. The number of benzene rings is 1. The first-order valence-electron chi connectivity index (χ1n) is 11.2. The zero-order valence-corrected chi connectivity index (χ0v) is 19.1. The SMILES string of the molecule is CCC(C)(C)n1nnnc1[C@H](c1cc2ccc(OC)cc2[nH]c1=O)[NH+]1CCC(C)CC1. The molecule has 166 valence electrons. The van der Waals surface area contributed by atoms with Crippen LogP contribution in [-0.2, 0) is 5.54 Å². The van der Waals surface area contributed by atoms with Gasteiger partial charge >= 0.3 is 0 Å². The summed E-state index contributed by atoms with van der Waals surface area (Å²) in [5.41, 5.74) is 1.14. The summed E-state index contributed by atoms with van der Waals surface area (Å²) in [5.74, 6) is 2.18. The number of rotatable bonds is 6. The first-order valence-corrected chi connectivity index (χ1v) is 11.2. The topological polar surface area (TPSA) is 90.1 Å². The lowest BCUT2D eigenvalue weighted by atomic mass is 9.94. The van der Waals surface area contributed by atoms with E-state index in [0.717, 1.165) is 54.8 Å². The molecule has 2 N–H and O–H groups in total. The molecule has 0 radical (unpaired) electrons. The number of tetrazole rings is 1. The van der Waals surface area contributed by atoms with Crippen molar-refractivity contribution in [1.29, 1.82) is 0 Å². The zero-order chi connectivity index (χ0) is 22.2. The van der Waals surface area contributed by atoms with E-state index in [4.69, 9.17) is 4.74 Å². The Kier molecular flexibility index (Phi) is 5.83. The maximum Gasteiger partial charge on any atom is 0.258 e. The third-order valence-corrected chi connectivity index (χ3v) is 6.91. The number of likely N-dealkylation sites (tertiary alicyclic amines) is 1. The molecule has 1 atom stereocenters. The number of ether oxygens (including phenoxy) is 1. The van der Waals surface area contributed by atoms with Crippen LogP contribution in [0.2, 0.25) is 0 Å². The van der Waals surface area contributed by atoms with Gasteiger partial charge in [0.25, 0.3) is 5.56 Å². The molecule has 1 saturated heterocycles. The average Bonchev–Trinajstić information content (AvgIpc) is 3.25. The molecule has 1 fully saturated rings. The van der Waals surface area contributed by atoms with Gasteiger partial charge in [-0.05, 0) is 73.0 Å². The highest BCUT2D eigenvalue weighted by Crippen LogP contribution is 2.26. The first-order chi connectivity index (χ1) is 14.8. The van der Waals surface area contributed by atoms with Crippen molar-refractivity contribution in [3.05, 3.63) is 46.0 Å². The van der Waals surface area contributed by atoms with Gasteiger partial charge in [0.15, 0.2) is 6.04 Å². The standard InChI is InChI=1S/C23H32N6O2/c1-6-23(3,4)29-21(25-26-27-29)20(28-11-9-15(2)10-12-28)18-13-16-7-8-17(31-5)14-19(16)24-22(18)30/h7-8,13-15,20H,6,9-12H2,1-5H3,(H,24,30)/p+1/t20-/m0/s1. The summed E-state index contributed by atoms with van der Waals surface area (Å²) in [6.45, 7) is 10.7. The second-order valence-electron chi connectivity index (χ2n) is 9.40. The molecular weight excluding hydrogens is 392 g/mol. The molecule has 3 aromatic rings. The maximum absolute atomic E-state index is 13.3. The van der Waals surface area contributed by atoms with Crippen LogP contribution in [0.25, 0.3) is 10.9 Å². The molecule has 3 heterocycles. The number of quaternary nitrogens is 1. The number of fused-ring (bicyclic) bond motifs is 1. The van der Waals surface area contributed by atoms with E-state index in [1.165, 1.54) is 4.90 Å². The van der Waals surface area contributed by atoms with Crippen LogP contribution in [0.1, 0.15) is 64.4 Å². The van der Waals surface area contributed by atoms with Crippen LogP contribution in [0, 0.1) is 5.92 Å². The van der Waals surface area contributed by atoms with Crippen molar-refractivity contribution in [2.24, 2.45) is 5.92 Å². The number of nitrogens with zero attached hydrogens (tertiary/aromatic N) is 4. The molecule has 0 saturated carbocycles. The Bertz CT molecular complexity index is 1110. The Labute approximate surface area is 182 Å². The Morgan fingerprint density at radius 1 is 1.29 bits per heavy atom. The molecule has 8 heteroatoms. The molecule has 1 aliphatic heterocycles. The van der Waals surface area contributed by atoms with E-state index in [1.54, 1.807) is 7.11 Å². The minimum atomic E-state index is -0.240. The lowest BCUT2D eigenvalue weighted by Crippen LogP contribution is -3.13. The Balaban J connectivity index is 1.87. The first kappa shape index (κ1) is 21.5. The summed E-state index contributed by atoms with van der Waals surface area (Å²) in [5, 5.41) is 13.8. The van der Waals surface area contributed by atoms with E-state index in [2.05, 4.69) is 48.2 Å². The number of hydrogen-bond donors (Lipinski definition) is 2. The van der Waals surface area contributed by atoms with Crippen LogP contribution >= 0.6 is 0 Å². The summed E-state index contributed by atoms with van der Waals surface area (Å²) in [7, 11) is 1.62. The fraction of sp³-hybridized carbons (Fsp3) is 0.565. The number of methoxy groups -OCH3 is 1. The second-order valence-corrected chi connectivity index (χ2v) is 9.40. The van der Waals surface area contributed by atoms with Crippen LogP contribution in [0.5, 0.6) is 5.75 Å². The molecule has 1 aliphatic rings. The number of nitrogens with one attached hydrogen (secondary N) is 2. The number of hydrogen-bond acceptors (Lipinski definition) is 5. The molecule has 4 rings (SSSR count). The van der Waals surface area contributed by atoms with Crippen LogP contribution in [0.15, 0.2) is 29.1 Å². The van der Waals surface area contributed by atoms with Gasteiger partial charge in [-0.15, -0.1) is 5.10 Å². The Hall–Kier alpha value is -2.74. The zero-order valence-electron chi connectivity index (χ0n) is 19.1. The highest BCUT2D eigenvalue weighted by atomic mass is 16.5. The van der Waals surface area contributed by atoms with Gasteiger partial charge in [0.1, 0.15) is 5.75 Å². The monoisotopic (exact) mass is 425 g/mol. The molecule has 0 amide bonds. The van der Waals surface area contributed by atoms with Crippen LogP contribution in [-0.4, -0.2) is 45.4 Å². The number of aromatic amines is 1. The minimum absolute atomic E-state index is 0.0965. The molecular formula is C23H33N6O2+. The summed E-state index contributed by atoms with van der Waals surface area (Å²) in [4.78, 5) is 17.7. The maximum atomic E-state index is 13.3. The molecule has 8 nitrogen and oxygen atoms in total. The minimum Gasteiger partial charge on any atom is -0.497 e. The van der Waals surface area contributed by atoms with E-state index in [-0.39, 0.29) is 17.1 Å². The van der Waals surface area contributed by atoms with Crippen molar-refractivity contribution < 1.29 is 9.64 Å². The van der Waals surface area contributed by atoms with Gasteiger partial charge in [0, 0.05) is 6.07 Å². The summed E-state index contributed by atoms with van der Waals surface area (Å²) in [6, 6.07) is 7.54. The Morgan fingerprint density at radius 3 is 2.71 bits per heavy atom. The fourth-order valence-corrected chi connectivity index (χ4v) is 4.46. The highest BCUT2D eigenvalue weighted by molar-refractivity contribution is 5.80.